The quantitative estimate of drug-likeness (QED) is 0.208. The Balaban J connectivity index is 1.31. The summed E-state index contributed by atoms with van der Waals surface area (Å²) in [5, 5.41) is 13.4. The van der Waals surface area contributed by atoms with E-state index in [1.165, 1.54) is 24.4 Å². The topological polar surface area (TPSA) is 89.3 Å². The number of piperazine rings is 1. The van der Waals surface area contributed by atoms with Crippen LogP contribution in [0, 0.1) is 5.82 Å². The molecule has 0 amide bonds. The fraction of sp³-hybridized carbons (Fsp3) is 0.414. The zero-order valence-electron chi connectivity index (χ0n) is 23.5. The number of hydrogen-bond acceptors (Lipinski definition) is 9. The lowest BCUT2D eigenvalue weighted by Crippen LogP contribution is -2.44. The Morgan fingerprint density at radius 3 is 2.53 bits per heavy atom. The second-order valence-corrected chi connectivity index (χ2v) is 10.9. The maximum Gasteiger partial charge on any atom is 0.416 e. The van der Waals surface area contributed by atoms with Crippen molar-refractivity contribution in [1.82, 2.24) is 19.8 Å². The molecule has 2 aliphatic rings. The number of rotatable bonds is 8. The Kier molecular flexibility index (Phi) is 9.65. The normalized spacial score (nSPS) is 17.1. The van der Waals surface area contributed by atoms with Gasteiger partial charge in [-0.1, -0.05) is 17.7 Å². The van der Waals surface area contributed by atoms with Crippen molar-refractivity contribution < 1.29 is 27.4 Å². The number of alkyl halides is 3. The van der Waals surface area contributed by atoms with Gasteiger partial charge >= 0.3 is 6.18 Å². The number of morpholine rings is 1. The summed E-state index contributed by atoms with van der Waals surface area (Å²) < 4.78 is 61.7. The highest BCUT2D eigenvalue weighted by molar-refractivity contribution is 6.32. The van der Waals surface area contributed by atoms with Gasteiger partial charge in [-0.15, -0.1) is 0 Å². The third kappa shape index (κ3) is 7.91. The van der Waals surface area contributed by atoms with E-state index in [4.69, 9.17) is 16.3 Å². The molecule has 3 heterocycles. The minimum Gasteiger partial charge on any atom is -0.506 e. The van der Waals surface area contributed by atoms with Crippen molar-refractivity contribution in [3.05, 3.63) is 69.9 Å². The van der Waals surface area contributed by atoms with Crippen LogP contribution >= 0.6 is 11.6 Å². The fourth-order valence-electron chi connectivity index (χ4n) is 4.95. The van der Waals surface area contributed by atoms with Crippen LogP contribution in [0.2, 0.25) is 5.02 Å². The van der Waals surface area contributed by atoms with E-state index in [1.54, 1.807) is 11.0 Å². The number of hydrogen-bond donors (Lipinski definition) is 2. The summed E-state index contributed by atoms with van der Waals surface area (Å²) in [4.78, 5) is 18.5. The number of aromatic nitrogens is 2. The number of aromatic hydroxyl groups is 1. The van der Waals surface area contributed by atoms with Gasteiger partial charge in [0.2, 0.25) is 0 Å². The standard InChI is InChI=1S/C29H32ClF4N7O2/c1-39-4-6-40(7-5-39)18-19-2-3-21(13-23(19)29(32,33)34)37-22-12-20(27(42)24(30)14-22)15-35-17-26-36-16-25(31)28(38-26)41-8-10-43-11-9-41/h2-3,12-16,37,42H,4-11,17-18H2,1H3. The molecule has 0 radical (unpaired) electrons. The summed E-state index contributed by atoms with van der Waals surface area (Å²) in [5.74, 6) is -0.342. The van der Waals surface area contributed by atoms with E-state index in [9.17, 15) is 22.7 Å². The van der Waals surface area contributed by atoms with Gasteiger partial charge < -0.3 is 25.0 Å². The third-order valence-electron chi connectivity index (χ3n) is 7.34. The Morgan fingerprint density at radius 2 is 1.81 bits per heavy atom. The van der Waals surface area contributed by atoms with Crippen LogP contribution < -0.4 is 10.2 Å². The largest absolute Gasteiger partial charge is 0.506 e. The number of phenolic OH excluding ortho intramolecular Hbond substituents is 1. The molecule has 0 atom stereocenters. The number of aliphatic imine (C=N–C) groups is 1. The van der Waals surface area contributed by atoms with Gasteiger partial charge in [0.1, 0.15) is 5.75 Å². The van der Waals surface area contributed by atoms with E-state index in [-0.39, 0.29) is 52.3 Å². The second kappa shape index (κ2) is 13.4. The minimum absolute atomic E-state index is 0.00392. The molecule has 3 aromatic rings. The van der Waals surface area contributed by atoms with Crippen molar-refractivity contribution in [3.63, 3.8) is 0 Å². The molecule has 0 unspecified atom stereocenters. The first-order valence-corrected chi connectivity index (χ1v) is 14.2. The summed E-state index contributed by atoms with van der Waals surface area (Å²) in [5.41, 5.74) is 0.303. The Bertz CT molecular complexity index is 1460. The van der Waals surface area contributed by atoms with E-state index < -0.39 is 17.6 Å². The van der Waals surface area contributed by atoms with Crippen LogP contribution in [0.25, 0.3) is 0 Å². The zero-order valence-corrected chi connectivity index (χ0v) is 24.3. The lowest BCUT2D eigenvalue weighted by Gasteiger charge is -2.33. The Hall–Kier alpha value is -3.52. The number of ether oxygens (including phenoxy) is 1. The fourth-order valence-corrected chi connectivity index (χ4v) is 5.18. The molecule has 2 aromatic carbocycles. The van der Waals surface area contributed by atoms with Crippen LogP contribution in [0.1, 0.15) is 22.5 Å². The molecule has 1 aromatic heterocycles. The molecule has 5 rings (SSSR count). The van der Waals surface area contributed by atoms with Gasteiger partial charge in [0, 0.05) is 69.0 Å². The predicted molar refractivity (Wildman–Crippen MR) is 157 cm³/mol. The van der Waals surface area contributed by atoms with Crippen LogP contribution in [0.3, 0.4) is 0 Å². The van der Waals surface area contributed by atoms with Crippen molar-refractivity contribution in [3.8, 4) is 5.75 Å². The Labute approximate surface area is 251 Å². The highest BCUT2D eigenvalue weighted by atomic mass is 35.5. The average Bonchev–Trinajstić information content (AvgIpc) is 2.98. The predicted octanol–water partition coefficient (Wildman–Crippen LogP) is 4.94. The first-order valence-electron chi connectivity index (χ1n) is 13.8. The maximum atomic E-state index is 14.3. The number of phenols is 1. The molecule has 0 bridgehead atoms. The Morgan fingerprint density at radius 1 is 1.07 bits per heavy atom. The van der Waals surface area contributed by atoms with Gasteiger partial charge in [-0.3, -0.25) is 9.89 Å². The van der Waals surface area contributed by atoms with Crippen LogP contribution in [0.4, 0.5) is 34.8 Å². The number of nitrogens with one attached hydrogen (secondary N) is 1. The second-order valence-electron chi connectivity index (χ2n) is 10.5. The number of halogens is 5. The smallest absolute Gasteiger partial charge is 0.416 e. The van der Waals surface area contributed by atoms with E-state index in [0.717, 1.165) is 25.4 Å². The molecule has 0 spiro atoms. The molecule has 2 saturated heterocycles. The summed E-state index contributed by atoms with van der Waals surface area (Å²) in [6, 6.07) is 7.09. The molecule has 14 heteroatoms. The summed E-state index contributed by atoms with van der Waals surface area (Å²) in [7, 11) is 1.99. The maximum absolute atomic E-state index is 14.3. The summed E-state index contributed by atoms with van der Waals surface area (Å²) >= 11 is 6.23. The number of nitrogens with zero attached hydrogens (tertiary/aromatic N) is 6. The average molecular weight is 622 g/mol. The van der Waals surface area contributed by atoms with Gasteiger partial charge in [0.15, 0.2) is 17.5 Å². The molecule has 0 aliphatic carbocycles. The van der Waals surface area contributed by atoms with Gasteiger partial charge in [-0.05, 0) is 36.9 Å². The first-order chi connectivity index (χ1) is 20.6. The zero-order chi connectivity index (χ0) is 30.6. The SMILES string of the molecule is CN1CCN(Cc2ccc(Nc3cc(Cl)c(O)c(C=NCc4ncc(F)c(N5CCOCC5)n4)c3)cc2C(F)(F)F)CC1. The van der Waals surface area contributed by atoms with Crippen molar-refractivity contribution in [2.45, 2.75) is 19.3 Å². The minimum atomic E-state index is -4.53. The molecule has 43 heavy (non-hydrogen) atoms. The molecule has 9 nitrogen and oxygen atoms in total. The van der Waals surface area contributed by atoms with Gasteiger partial charge in [0.25, 0.3) is 0 Å². The highest BCUT2D eigenvalue weighted by Gasteiger charge is 2.34. The van der Waals surface area contributed by atoms with E-state index in [2.05, 4.69) is 25.2 Å². The van der Waals surface area contributed by atoms with E-state index in [0.29, 0.717) is 45.1 Å². The number of likely N-dealkylation sites (N-methyl/N-ethyl adjacent to an activating group) is 1. The third-order valence-corrected chi connectivity index (χ3v) is 7.62. The van der Waals surface area contributed by atoms with Gasteiger partial charge in [-0.2, -0.15) is 13.2 Å². The number of benzene rings is 2. The summed E-state index contributed by atoms with van der Waals surface area (Å²) in [6.45, 7) is 5.17. The number of anilines is 3. The van der Waals surface area contributed by atoms with Crippen LogP contribution in [0.5, 0.6) is 5.75 Å². The monoisotopic (exact) mass is 621 g/mol. The molecule has 230 valence electrons. The first kappa shape index (κ1) is 30.9. The molecule has 0 saturated carbocycles. The van der Waals surface area contributed by atoms with E-state index >= 15 is 0 Å². The van der Waals surface area contributed by atoms with Crippen LogP contribution in [-0.4, -0.2) is 90.6 Å². The van der Waals surface area contributed by atoms with E-state index in [1.807, 2.05) is 11.9 Å². The lowest BCUT2D eigenvalue weighted by molar-refractivity contribution is -0.138. The molecule has 2 N–H and O–H groups in total. The molecule has 2 aliphatic heterocycles. The lowest BCUT2D eigenvalue weighted by atomic mass is 10.0. The van der Waals surface area contributed by atoms with Crippen molar-refractivity contribution in [2.75, 3.05) is 69.7 Å². The van der Waals surface area contributed by atoms with Crippen molar-refractivity contribution in [1.29, 1.82) is 0 Å². The highest BCUT2D eigenvalue weighted by Crippen LogP contribution is 2.36. The molecular weight excluding hydrogens is 590 g/mol. The van der Waals surface area contributed by atoms with Crippen LogP contribution in [0.15, 0.2) is 41.5 Å². The van der Waals surface area contributed by atoms with Gasteiger partial charge in [-0.25, -0.2) is 14.4 Å². The van der Waals surface area contributed by atoms with Gasteiger partial charge in [0.05, 0.1) is 36.5 Å². The molecule has 2 fully saturated rings. The molecular formula is C29H32ClF4N7O2. The van der Waals surface area contributed by atoms with Crippen molar-refractivity contribution >= 4 is 35.0 Å². The van der Waals surface area contributed by atoms with Crippen molar-refractivity contribution in [2.24, 2.45) is 4.99 Å². The van der Waals surface area contributed by atoms with Crippen LogP contribution in [-0.2, 0) is 24.0 Å². The summed E-state index contributed by atoms with van der Waals surface area (Å²) in [6.07, 6.45) is -2.09.